The Labute approximate surface area is 211 Å². The summed E-state index contributed by atoms with van der Waals surface area (Å²) in [5.74, 6) is 0.546. The van der Waals surface area contributed by atoms with E-state index in [-0.39, 0.29) is 5.65 Å². The number of hydrogen-bond donors (Lipinski definition) is 1. The first-order valence-corrected chi connectivity index (χ1v) is 12.8. The summed E-state index contributed by atoms with van der Waals surface area (Å²) >= 11 is 0. The highest BCUT2D eigenvalue weighted by Gasteiger charge is 2.17. The summed E-state index contributed by atoms with van der Waals surface area (Å²) in [6.07, 6.45) is 6.39. The fourth-order valence-corrected chi connectivity index (χ4v) is 5.09. The van der Waals surface area contributed by atoms with Gasteiger partial charge in [0, 0.05) is 25.8 Å². The van der Waals surface area contributed by atoms with Crippen molar-refractivity contribution in [1.29, 1.82) is 0 Å². The van der Waals surface area contributed by atoms with Gasteiger partial charge < -0.3 is 10.1 Å². The molecule has 5 rings (SSSR count). The first kappa shape index (κ1) is 24.0. The van der Waals surface area contributed by atoms with Crippen molar-refractivity contribution in [3.8, 4) is 11.1 Å². The van der Waals surface area contributed by atoms with Gasteiger partial charge in [0.15, 0.2) is 5.65 Å². The van der Waals surface area contributed by atoms with E-state index in [2.05, 4.69) is 75.2 Å². The number of rotatable bonds is 8. The molecule has 3 heterocycles. The molecule has 1 N–H and O–H groups in total. The molecule has 0 radical (unpaired) electrons. The molecule has 0 saturated carbocycles. The molecule has 4 aromatic rings. The summed E-state index contributed by atoms with van der Waals surface area (Å²) in [5, 5.41) is 10.8. The molecule has 36 heavy (non-hydrogen) atoms. The van der Waals surface area contributed by atoms with E-state index >= 15 is 0 Å². The van der Waals surface area contributed by atoms with Gasteiger partial charge in [0.05, 0.1) is 5.39 Å². The SMILES string of the molecule is CCCN(Cc1cccc(-c2cccc(CN3CCCCC3)c2)c1)c1nc(=O)n(O)c2ncccc12. The molecule has 0 bridgehead atoms. The Morgan fingerprint density at radius 2 is 1.67 bits per heavy atom. The van der Waals surface area contributed by atoms with Gasteiger partial charge in [-0.25, -0.2) is 9.78 Å². The fourth-order valence-electron chi connectivity index (χ4n) is 5.09. The molecule has 2 aromatic carbocycles. The molecular weight excluding hydrogens is 450 g/mol. The third-order valence-corrected chi connectivity index (χ3v) is 6.82. The molecule has 1 aliphatic rings. The lowest BCUT2D eigenvalue weighted by Gasteiger charge is -2.26. The Kier molecular flexibility index (Phi) is 7.28. The summed E-state index contributed by atoms with van der Waals surface area (Å²) in [6.45, 7) is 6.80. The van der Waals surface area contributed by atoms with Crippen molar-refractivity contribution in [3.63, 3.8) is 0 Å². The van der Waals surface area contributed by atoms with E-state index in [0.29, 0.717) is 22.5 Å². The molecule has 7 heteroatoms. The largest absolute Gasteiger partial charge is 0.422 e. The number of fused-ring (bicyclic) bond motifs is 1. The molecule has 0 aliphatic carbocycles. The van der Waals surface area contributed by atoms with Crippen molar-refractivity contribution < 1.29 is 5.21 Å². The van der Waals surface area contributed by atoms with Crippen LogP contribution in [0.3, 0.4) is 0 Å². The number of likely N-dealkylation sites (tertiary alicyclic amines) is 1. The highest BCUT2D eigenvalue weighted by molar-refractivity contribution is 5.86. The second-order valence-corrected chi connectivity index (χ2v) is 9.56. The van der Waals surface area contributed by atoms with Crippen LogP contribution in [0, 0.1) is 0 Å². The number of benzene rings is 2. The maximum atomic E-state index is 12.4. The van der Waals surface area contributed by atoms with Crippen molar-refractivity contribution in [2.45, 2.75) is 45.7 Å². The average molecular weight is 484 g/mol. The second kappa shape index (κ2) is 10.9. The Morgan fingerprint density at radius 3 is 2.42 bits per heavy atom. The van der Waals surface area contributed by atoms with Gasteiger partial charge in [0.2, 0.25) is 0 Å². The van der Waals surface area contributed by atoms with E-state index in [1.807, 2.05) is 6.07 Å². The van der Waals surface area contributed by atoms with Gasteiger partial charge in [-0.15, -0.1) is 4.73 Å². The molecule has 0 spiro atoms. The van der Waals surface area contributed by atoms with Crippen molar-refractivity contribution in [3.05, 3.63) is 88.5 Å². The number of aromatic nitrogens is 3. The lowest BCUT2D eigenvalue weighted by atomic mass is 10.00. The fraction of sp³-hybridized carbons (Fsp3) is 0.345. The number of anilines is 1. The number of hydrogen-bond acceptors (Lipinski definition) is 6. The molecule has 1 aliphatic heterocycles. The zero-order valence-corrected chi connectivity index (χ0v) is 20.8. The van der Waals surface area contributed by atoms with Crippen LogP contribution >= 0.6 is 0 Å². The molecule has 1 fully saturated rings. The number of pyridine rings is 1. The van der Waals surface area contributed by atoms with E-state index in [9.17, 15) is 10.0 Å². The Hall–Kier alpha value is -3.71. The average Bonchev–Trinajstić information content (AvgIpc) is 2.91. The van der Waals surface area contributed by atoms with Crippen molar-refractivity contribution in [2.75, 3.05) is 24.5 Å². The van der Waals surface area contributed by atoms with Crippen LogP contribution in [0.15, 0.2) is 71.7 Å². The minimum atomic E-state index is -0.725. The van der Waals surface area contributed by atoms with Crippen LogP contribution in [0.25, 0.3) is 22.2 Å². The molecule has 0 amide bonds. The molecular formula is C29H33N5O2. The van der Waals surface area contributed by atoms with E-state index in [0.717, 1.165) is 25.1 Å². The van der Waals surface area contributed by atoms with Crippen molar-refractivity contribution in [1.82, 2.24) is 19.6 Å². The zero-order chi connectivity index (χ0) is 24.9. The van der Waals surface area contributed by atoms with Gasteiger partial charge >= 0.3 is 5.69 Å². The van der Waals surface area contributed by atoms with Gasteiger partial charge in [0.1, 0.15) is 5.82 Å². The molecule has 7 nitrogen and oxygen atoms in total. The first-order valence-electron chi connectivity index (χ1n) is 12.8. The van der Waals surface area contributed by atoms with Crippen LogP contribution in [0.1, 0.15) is 43.7 Å². The topological polar surface area (TPSA) is 74.5 Å². The minimum Gasteiger partial charge on any atom is -0.422 e. The van der Waals surface area contributed by atoms with E-state index < -0.39 is 5.69 Å². The summed E-state index contributed by atoms with van der Waals surface area (Å²) in [5.41, 5.74) is 4.36. The predicted molar refractivity (Wildman–Crippen MR) is 143 cm³/mol. The van der Waals surface area contributed by atoms with Crippen LogP contribution in [0.4, 0.5) is 5.82 Å². The van der Waals surface area contributed by atoms with Crippen molar-refractivity contribution >= 4 is 16.9 Å². The molecule has 0 unspecified atom stereocenters. The monoisotopic (exact) mass is 483 g/mol. The first-order chi connectivity index (χ1) is 17.6. The molecule has 2 aromatic heterocycles. The summed E-state index contributed by atoms with van der Waals surface area (Å²) in [7, 11) is 0. The Bertz CT molecular complexity index is 1390. The Morgan fingerprint density at radius 1 is 0.944 bits per heavy atom. The summed E-state index contributed by atoms with van der Waals surface area (Å²) in [6, 6.07) is 21.0. The van der Waals surface area contributed by atoms with Gasteiger partial charge in [-0.3, -0.25) is 4.90 Å². The lowest BCUT2D eigenvalue weighted by molar-refractivity contribution is 0.182. The lowest BCUT2D eigenvalue weighted by Crippen LogP contribution is -2.30. The maximum Gasteiger partial charge on any atom is 0.384 e. The molecule has 0 atom stereocenters. The normalized spacial score (nSPS) is 14.2. The van der Waals surface area contributed by atoms with Crippen molar-refractivity contribution in [2.24, 2.45) is 0 Å². The molecule has 186 valence electrons. The van der Waals surface area contributed by atoms with Gasteiger partial charge in [0.25, 0.3) is 0 Å². The van der Waals surface area contributed by atoms with Gasteiger partial charge in [-0.05, 0) is 78.9 Å². The zero-order valence-electron chi connectivity index (χ0n) is 20.8. The van der Waals surface area contributed by atoms with Crippen LogP contribution < -0.4 is 10.6 Å². The summed E-state index contributed by atoms with van der Waals surface area (Å²) < 4.78 is 0.514. The standard InChI is InChI=1S/C29H33N5O2/c1-2-15-33(28-26-13-8-14-30-27(26)34(36)29(35)31-28)21-23-10-7-12-25(19-23)24-11-6-9-22(18-24)20-32-16-4-3-5-17-32/h6-14,18-19,36H,2-5,15-17,20-21H2,1H3. The third-order valence-electron chi connectivity index (χ3n) is 6.82. The molecule has 1 saturated heterocycles. The number of nitrogens with zero attached hydrogens (tertiary/aromatic N) is 5. The quantitative estimate of drug-likeness (QED) is 0.352. The Balaban J connectivity index is 1.42. The van der Waals surface area contributed by atoms with Gasteiger partial charge in [-0.1, -0.05) is 49.7 Å². The highest BCUT2D eigenvalue weighted by atomic mass is 16.5. The second-order valence-electron chi connectivity index (χ2n) is 9.56. The van der Waals surface area contributed by atoms with Gasteiger partial charge in [-0.2, -0.15) is 4.98 Å². The van der Waals surface area contributed by atoms with Crippen LogP contribution in [0.2, 0.25) is 0 Å². The third kappa shape index (κ3) is 5.26. The number of piperidine rings is 1. The predicted octanol–water partition coefficient (Wildman–Crippen LogP) is 5.10. The van der Waals surface area contributed by atoms with Crippen LogP contribution in [-0.2, 0) is 13.1 Å². The maximum absolute atomic E-state index is 12.4. The smallest absolute Gasteiger partial charge is 0.384 e. The van der Waals surface area contributed by atoms with Crippen LogP contribution in [0.5, 0.6) is 0 Å². The summed E-state index contributed by atoms with van der Waals surface area (Å²) in [4.78, 5) is 25.4. The van der Waals surface area contributed by atoms with E-state index in [1.165, 1.54) is 49.0 Å². The minimum absolute atomic E-state index is 0.216. The highest BCUT2D eigenvalue weighted by Crippen LogP contribution is 2.26. The van der Waals surface area contributed by atoms with Crippen LogP contribution in [-0.4, -0.2) is 44.4 Å². The van der Waals surface area contributed by atoms with E-state index in [4.69, 9.17) is 0 Å². The van der Waals surface area contributed by atoms with E-state index in [1.54, 1.807) is 12.3 Å².